The van der Waals surface area contributed by atoms with E-state index in [1.165, 1.54) is 33.3 Å². The number of benzene rings is 1. The number of nitrogens with zero attached hydrogens (tertiary/aromatic N) is 3. The number of rotatable bonds is 4. The molecule has 0 spiro atoms. The van der Waals surface area contributed by atoms with E-state index < -0.39 is 10.0 Å². The van der Waals surface area contributed by atoms with Crippen molar-refractivity contribution in [1.82, 2.24) is 14.5 Å². The summed E-state index contributed by atoms with van der Waals surface area (Å²) in [6.45, 7) is 0.609. The summed E-state index contributed by atoms with van der Waals surface area (Å²) in [7, 11) is -3.56. The molecule has 10 heteroatoms. The zero-order valence-corrected chi connectivity index (χ0v) is 14.9. The van der Waals surface area contributed by atoms with Gasteiger partial charge in [0.15, 0.2) is 0 Å². The highest BCUT2D eigenvalue weighted by atomic mass is 35.5. The molecule has 1 aromatic heterocycles. The molecule has 0 unspecified atom stereocenters. The van der Waals surface area contributed by atoms with E-state index in [0.29, 0.717) is 36.1 Å². The largest absolute Gasteiger partial charge is 0.300 e. The van der Waals surface area contributed by atoms with Crippen LogP contribution in [0.5, 0.6) is 0 Å². The minimum Gasteiger partial charge on any atom is -0.300 e. The van der Waals surface area contributed by atoms with Crippen LogP contribution in [-0.2, 0) is 14.8 Å². The maximum absolute atomic E-state index is 12.6. The van der Waals surface area contributed by atoms with Gasteiger partial charge in [-0.1, -0.05) is 22.9 Å². The Labute approximate surface area is 148 Å². The summed E-state index contributed by atoms with van der Waals surface area (Å²) < 4.78 is 26.6. The Hall–Kier alpha value is -1.55. The van der Waals surface area contributed by atoms with Gasteiger partial charge < -0.3 is 5.32 Å². The second-order valence-corrected chi connectivity index (χ2v) is 8.57. The molecule has 24 heavy (non-hydrogen) atoms. The molecule has 1 amide bonds. The first-order valence-electron chi connectivity index (χ1n) is 7.29. The minimum absolute atomic E-state index is 0.143. The van der Waals surface area contributed by atoms with Gasteiger partial charge in [-0.05, 0) is 37.1 Å². The van der Waals surface area contributed by atoms with Crippen molar-refractivity contribution in [3.05, 3.63) is 34.8 Å². The molecular formula is C14H15ClN4O3S2. The highest BCUT2D eigenvalue weighted by Crippen LogP contribution is 2.25. The van der Waals surface area contributed by atoms with E-state index in [1.807, 2.05) is 0 Å². The summed E-state index contributed by atoms with van der Waals surface area (Å²) in [4.78, 5) is 12.4. The quantitative estimate of drug-likeness (QED) is 0.869. The average molecular weight is 387 g/mol. The van der Waals surface area contributed by atoms with Crippen LogP contribution in [0.15, 0.2) is 34.7 Å². The SMILES string of the molecule is O=C(Nc1nncs1)C1CCN(S(=O)(=O)c2ccc(Cl)cc2)CC1. The molecule has 2 aromatic rings. The summed E-state index contributed by atoms with van der Waals surface area (Å²) in [5, 5.41) is 11.1. The van der Waals surface area contributed by atoms with Gasteiger partial charge in [0.2, 0.25) is 21.1 Å². The van der Waals surface area contributed by atoms with E-state index in [4.69, 9.17) is 11.6 Å². The maximum Gasteiger partial charge on any atom is 0.243 e. The molecular weight excluding hydrogens is 372 g/mol. The van der Waals surface area contributed by atoms with Crippen molar-refractivity contribution in [2.45, 2.75) is 17.7 Å². The van der Waals surface area contributed by atoms with Crippen LogP contribution < -0.4 is 5.32 Å². The molecule has 2 heterocycles. The van der Waals surface area contributed by atoms with Crippen LogP contribution in [0, 0.1) is 5.92 Å². The number of hydrogen-bond donors (Lipinski definition) is 1. The van der Waals surface area contributed by atoms with Crippen molar-refractivity contribution in [2.75, 3.05) is 18.4 Å². The molecule has 7 nitrogen and oxygen atoms in total. The number of aromatic nitrogens is 2. The van der Waals surface area contributed by atoms with Crippen LogP contribution in [0.3, 0.4) is 0 Å². The van der Waals surface area contributed by atoms with E-state index in [0.717, 1.165) is 0 Å². The van der Waals surface area contributed by atoms with Gasteiger partial charge in [-0.25, -0.2) is 8.42 Å². The van der Waals surface area contributed by atoms with Gasteiger partial charge in [0.05, 0.1) is 4.90 Å². The van der Waals surface area contributed by atoms with Crippen molar-refractivity contribution in [2.24, 2.45) is 5.92 Å². The molecule has 128 valence electrons. The lowest BCUT2D eigenvalue weighted by Gasteiger charge is -2.30. The predicted octanol–water partition coefficient (Wildman–Crippen LogP) is 2.23. The van der Waals surface area contributed by atoms with E-state index in [2.05, 4.69) is 15.5 Å². The van der Waals surface area contributed by atoms with E-state index in [9.17, 15) is 13.2 Å². The van der Waals surface area contributed by atoms with Crippen LogP contribution in [0.4, 0.5) is 5.13 Å². The van der Waals surface area contributed by atoms with Crippen LogP contribution in [0.2, 0.25) is 5.02 Å². The predicted molar refractivity (Wildman–Crippen MR) is 91.5 cm³/mol. The topological polar surface area (TPSA) is 92.3 Å². The third kappa shape index (κ3) is 3.75. The molecule has 0 saturated carbocycles. The molecule has 0 bridgehead atoms. The number of hydrogen-bond acceptors (Lipinski definition) is 6. The Morgan fingerprint density at radius 1 is 1.25 bits per heavy atom. The standard InChI is InChI=1S/C14H15ClN4O3S2/c15-11-1-3-12(4-2-11)24(21,22)19-7-5-10(6-8-19)13(20)17-14-18-16-9-23-14/h1-4,9-10H,5-8H2,(H,17,18,20). The number of piperidine rings is 1. The third-order valence-electron chi connectivity index (χ3n) is 3.87. The molecule has 0 atom stereocenters. The molecule has 3 rings (SSSR count). The van der Waals surface area contributed by atoms with Crippen molar-refractivity contribution in [3.8, 4) is 0 Å². The lowest BCUT2D eigenvalue weighted by Crippen LogP contribution is -2.41. The number of sulfonamides is 1. The second kappa shape index (κ2) is 7.14. The van der Waals surface area contributed by atoms with Crippen LogP contribution in [-0.4, -0.2) is 41.9 Å². The highest BCUT2D eigenvalue weighted by Gasteiger charge is 2.32. The number of carbonyl (C=O) groups excluding carboxylic acids is 1. The molecule has 1 aliphatic heterocycles. The van der Waals surface area contributed by atoms with Gasteiger partial charge in [0.25, 0.3) is 0 Å². The lowest BCUT2D eigenvalue weighted by molar-refractivity contribution is -0.120. The number of carbonyl (C=O) groups is 1. The number of nitrogens with one attached hydrogen (secondary N) is 1. The van der Waals surface area contributed by atoms with Crippen LogP contribution in [0.1, 0.15) is 12.8 Å². The number of halogens is 1. The highest BCUT2D eigenvalue weighted by molar-refractivity contribution is 7.89. The monoisotopic (exact) mass is 386 g/mol. The minimum atomic E-state index is -3.56. The Bertz CT molecular complexity index is 801. The first-order valence-corrected chi connectivity index (χ1v) is 9.99. The molecule has 1 saturated heterocycles. The Kier molecular flexibility index (Phi) is 5.14. The fraction of sp³-hybridized carbons (Fsp3) is 0.357. The summed E-state index contributed by atoms with van der Waals surface area (Å²) in [5.74, 6) is -0.374. The number of amides is 1. The number of anilines is 1. The fourth-order valence-corrected chi connectivity index (χ4v) is 4.59. The lowest BCUT2D eigenvalue weighted by atomic mass is 9.97. The van der Waals surface area contributed by atoms with Gasteiger partial charge in [0.1, 0.15) is 5.51 Å². The summed E-state index contributed by atoms with van der Waals surface area (Å²) in [6.07, 6.45) is 0.939. The molecule has 1 aromatic carbocycles. The normalized spacial score (nSPS) is 16.9. The molecule has 1 aliphatic rings. The molecule has 0 radical (unpaired) electrons. The van der Waals surface area contributed by atoms with Crippen LogP contribution >= 0.6 is 22.9 Å². The Morgan fingerprint density at radius 3 is 2.50 bits per heavy atom. The third-order valence-corrected chi connectivity index (χ3v) is 6.64. The van der Waals surface area contributed by atoms with Crippen molar-refractivity contribution >= 4 is 44.0 Å². The molecule has 0 aliphatic carbocycles. The fourth-order valence-electron chi connectivity index (χ4n) is 2.55. The van der Waals surface area contributed by atoms with Crippen molar-refractivity contribution in [1.29, 1.82) is 0 Å². The van der Waals surface area contributed by atoms with E-state index in [1.54, 1.807) is 12.1 Å². The van der Waals surface area contributed by atoms with E-state index in [-0.39, 0.29) is 16.7 Å². The molecule has 1 fully saturated rings. The van der Waals surface area contributed by atoms with Gasteiger partial charge >= 0.3 is 0 Å². The average Bonchev–Trinajstić information content (AvgIpc) is 3.08. The Balaban J connectivity index is 1.62. The van der Waals surface area contributed by atoms with Gasteiger partial charge in [-0.3, -0.25) is 4.79 Å². The van der Waals surface area contributed by atoms with Crippen molar-refractivity contribution in [3.63, 3.8) is 0 Å². The summed E-state index contributed by atoms with van der Waals surface area (Å²) in [5.41, 5.74) is 1.54. The smallest absolute Gasteiger partial charge is 0.243 e. The summed E-state index contributed by atoms with van der Waals surface area (Å²) >= 11 is 7.05. The first-order chi connectivity index (χ1) is 11.5. The molecule has 1 N–H and O–H groups in total. The second-order valence-electron chi connectivity index (χ2n) is 5.37. The van der Waals surface area contributed by atoms with Gasteiger partial charge in [-0.2, -0.15) is 4.31 Å². The zero-order valence-electron chi connectivity index (χ0n) is 12.6. The first kappa shape index (κ1) is 17.3. The maximum atomic E-state index is 12.6. The van der Waals surface area contributed by atoms with E-state index >= 15 is 0 Å². The zero-order chi connectivity index (χ0) is 17.2. The van der Waals surface area contributed by atoms with Gasteiger partial charge in [-0.15, -0.1) is 10.2 Å². The van der Waals surface area contributed by atoms with Gasteiger partial charge in [0, 0.05) is 24.0 Å². The van der Waals surface area contributed by atoms with Crippen molar-refractivity contribution < 1.29 is 13.2 Å². The van der Waals surface area contributed by atoms with Crippen LogP contribution in [0.25, 0.3) is 0 Å². The Morgan fingerprint density at radius 2 is 1.92 bits per heavy atom. The summed E-state index contributed by atoms with van der Waals surface area (Å²) in [6, 6.07) is 6.09.